The standard InChI is InChI=1S/C19H25N7/c1-15-21-10-12-26(15)18-16(7-5-9-22-18)13-23-19(20-2)25(4)14-17-8-6-11-24(17)3/h5-12H,13-14H2,1-4H3,(H,20,23). The molecule has 3 aromatic rings. The minimum absolute atomic E-state index is 0.630. The van der Waals surface area contributed by atoms with Gasteiger partial charge in [0.05, 0.1) is 6.54 Å². The monoisotopic (exact) mass is 351 g/mol. The number of imidazole rings is 1. The highest BCUT2D eigenvalue weighted by molar-refractivity contribution is 5.79. The highest BCUT2D eigenvalue weighted by atomic mass is 15.3. The molecule has 3 aromatic heterocycles. The third kappa shape index (κ3) is 3.77. The van der Waals surface area contributed by atoms with Crippen molar-refractivity contribution in [3.8, 4) is 5.82 Å². The third-order valence-corrected chi connectivity index (χ3v) is 4.38. The molecule has 0 atom stereocenters. The number of nitrogens with one attached hydrogen (secondary N) is 1. The van der Waals surface area contributed by atoms with E-state index in [1.165, 1.54) is 5.69 Å². The number of hydrogen-bond donors (Lipinski definition) is 1. The second-order valence-corrected chi connectivity index (χ2v) is 6.20. The number of rotatable bonds is 5. The number of hydrogen-bond acceptors (Lipinski definition) is 3. The average Bonchev–Trinajstić information content (AvgIpc) is 3.24. The van der Waals surface area contributed by atoms with Crippen LogP contribution in [0.5, 0.6) is 0 Å². The Balaban J connectivity index is 1.72. The molecule has 0 aliphatic heterocycles. The van der Waals surface area contributed by atoms with Crippen molar-refractivity contribution >= 4 is 5.96 Å². The molecule has 0 unspecified atom stereocenters. The molecule has 0 aliphatic carbocycles. The molecular formula is C19H25N7. The largest absolute Gasteiger partial charge is 0.353 e. The van der Waals surface area contributed by atoms with E-state index >= 15 is 0 Å². The predicted octanol–water partition coefficient (Wildman–Crippen LogP) is 2.12. The molecule has 0 saturated heterocycles. The molecule has 0 bridgehead atoms. The summed E-state index contributed by atoms with van der Waals surface area (Å²) in [6.07, 6.45) is 7.56. The molecule has 3 rings (SSSR count). The lowest BCUT2D eigenvalue weighted by Gasteiger charge is -2.23. The maximum atomic E-state index is 4.53. The number of guanidine groups is 1. The van der Waals surface area contributed by atoms with Crippen molar-refractivity contribution in [1.82, 2.24) is 29.3 Å². The van der Waals surface area contributed by atoms with E-state index in [1.807, 2.05) is 30.8 Å². The quantitative estimate of drug-likeness (QED) is 0.565. The fourth-order valence-electron chi connectivity index (χ4n) is 2.92. The fourth-order valence-corrected chi connectivity index (χ4v) is 2.92. The Bertz CT molecular complexity index is 891. The van der Waals surface area contributed by atoms with E-state index in [9.17, 15) is 0 Å². The molecule has 136 valence electrons. The molecule has 1 N–H and O–H groups in total. The Morgan fingerprint density at radius 2 is 2.04 bits per heavy atom. The molecule has 0 saturated carbocycles. The van der Waals surface area contributed by atoms with Gasteiger partial charge in [0.2, 0.25) is 0 Å². The van der Waals surface area contributed by atoms with Crippen molar-refractivity contribution in [3.63, 3.8) is 0 Å². The van der Waals surface area contributed by atoms with Crippen molar-refractivity contribution in [2.75, 3.05) is 14.1 Å². The number of pyridine rings is 1. The molecule has 0 spiro atoms. The van der Waals surface area contributed by atoms with E-state index in [1.54, 1.807) is 19.4 Å². The van der Waals surface area contributed by atoms with E-state index in [4.69, 9.17) is 0 Å². The summed E-state index contributed by atoms with van der Waals surface area (Å²) < 4.78 is 4.11. The molecule has 7 nitrogen and oxygen atoms in total. The van der Waals surface area contributed by atoms with Gasteiger partial charge in [-0.05, 0) is 25.1 Å². The summed E-state index contributed by atoms with van der Waals surface area (Å²) in [6, 6.07) is 8.18. The van der Waals surface area contributed by atoms with E-state index in [0.29, 0.717) is 6.54 Å². The Morgan fingerprint density at radius 1 is 1.19 bits per heavy atom. The number of aryl methyl sites for hydroxylation is 2. The lowest BCUT2D eigenvalue weighted by molar-refractivity contribution is 0.461. The molecular weight excluding hydrogens is 326 g/mol. The first-order valence-electron chi connectivity index (χ1n) is 8.56. The first kappa shape index (κ1) is 17.7. The normalized spacial score (nSPS) is 11.6. The zero-order valence-electron chi connectivity index (χ0n) is 15.7. The van der Waals surface area contributed by atoms with E-state index < -0.39 is 0 Å². The van der Waals surface area contributed by atoms with Crippen LogP contribution < -0.4 is 5.32 Å². The van der Waals surface area contributed by atoms with Gasteiger partial charge in [0.25, 0.3) is 0 Å². The zero-order chi connectivity index (χ0) is 18.5. The second-order valence-electron chi connectivity index (χ2n) is 6.20. The van der Waals surface area contributed by atoms with Crippen molar-refractivity contribution in [3.05, 3.63) is 66.1 Å². The van der Waals surface area contributed by atoms with Crippen LogP contribution in [0.25, 0.3) is 5.82 Å². The van der Waals surface area contributed by atoms with Crippen LogP contribution in [-0.4, -0.2) is 44.1 Å². The molecule has 7 heteroatoms. The van der Waals surface area contributed by atoms with Crippen LogP contribution in [0.3, 0.4) is 0 Å². The number of aliphatic imine (C=N–C) groups is 1. The van der Waals surface area contributed by atoms with Gasteiger partial charge in [-0.2, -0.15) is 0 Å². The topological polar surface area (TPSA) is 63.3 Å². The van der Waals surface area contributed by atoms with Gasteiger partial charge in [0, 0.05) is 63.7 Å². The van der Waals surface area contributed by atoms with Gasteiger partial charge < -0.3 is 14.8 Å². The molecule has 0 fully saturated rings. The molecule has 3 heterocycles. The second kappa shape index (κ2) is 7.86. The predicted molar refractivity (Wildman–Crippen MR) is 103 cm³/mol. The first-order valence-corrected chi connectivity index (χ1v) is 8.56. The first-order chi connectivity index (χ1) is 12.6. The Hall–Kier alpha value is -3.09. The maximum absolute atomic E-state index is 4.53. The van der Waals surface area contributed by atoms with Gasteiger partial charge in [-0.3, -0.25) is 9.56 Å². The summed E-state index contributed by atoms with van der Waals surface area (Å²) in [5, 5.41) is 3.43. The van der Waals surface area contributed by atoms with Crippen LogP contribution in [0, 0.1) is 6.92 Å². The molecule has 0 amide bonds. The zero-order valence-corrected chi connectivity index (χ0v) is 15.7. The van der Waals surface area contributed by atoms with Gasteiger partial charge in [0.1, 0.15) is 11.6 Å². The summed E-state index contributed by atoms with van der Waals surface area (Å²) >= 11 is 0. The molecule has 0 radical (unpaired) electrons. The van der Waals surface area contributed by atoms with Crippen LogP contribution in [-0.2, 0) is 20.1 Å². The maximum Gasteiger partial charge on any atom is 0.194 e. The molecule has 26 heavy (non-hydrogen) atoms. The van der Waals surface area contributed by atoms with Crippen molar-refractivity contribution in [2.45, 2.75) is 20.0 Å². The van der Waals surface area contributed by atoms with E-state index in [-0.39, 0.29) is 0 Å². The SMILES string of the molecule is CN=C(NCc1cccnc1-n1ccnc1C)N(C)Cc1cccn1C. The van der Waals surface area contributed by atoms with E-state index in [0.717, 1.165) is 29.7 Å². The molecule has 0 aromatic carbocycles. The van der Waals surface area contributed by atoms with Gasteiger partial charge in [-0.15, -0.1) is 0 Å². The smallest absolute Gasteiger partial charge is 0.194 e. The van der Waals surface area contributed by atoms with Crippen LogP contribution in [0.1, 0.15) is 17.1 Å². The summed E-state index contributed by atoms with van der Waals surface area (Å²) in [4.78, 5) is 15.3. The highest BCUT2D eigenvalue weighted by Crippen LogP contribution is 2.13. The van der Waals surface area contributed by atoms with E-state index in [2.05, 4.69) is 61.2 Å². The summed E-state index contributed by atoms with van der Waals surface area (Å²) in [7, 11) is 5.88. The Kier molecular flexibility index (Phi) is 5.36. The fraction of sp³-hybridized carbons (Fsp3) is 0.316. The minimum Gasteiger partial charge on any atom is -0.353 e. The Labute approximate surface area is 154 Å². The van der Waals surface area contributed by atoms with Crippen molar-refractivity contribution in [2.24, 2.45) is 12.0 Å². The summed E-state index contributed by atoms with van der Waals surface area (Å²) in [5.74, 6) is 2.63. The van der Waals surface area contributed by atoms with Gasteiger partial charge in [-0.25, -0.2) is 9.97 Å². The minimum atomic E-state index is 0.630. The molecule has 0 aliphatic rings. The van der Waals surface area contributed by atoms with Crippen molar-refractivity contribution in [1.29, 1.82) is 0 Å². The van der Waals surface area contributed by atoms with Crippen LogP contribution in [0.15, 0.2) is 54.0 Å². The van der Waals surface area contributed by atoms with Crippen molar-refractivity contribution < 1.29 is 0 Å². The lowest BCUT2D eigenvalue weighted by atomic mass is 10.2. The lowest BCUT2D eigenvalue weighted by Crippen LogP contribution is -2.38. The van der Waals surface area contributed by atoms with Gasteiger partial charge >= 0.3 is 0 Å². The number of aromatic nitrogens is 4. The number of nitrogens with zero attached hydrogens (tertiary/aromatic N) is 6. The Morgan fingerprint density at radius 3 is 2.69 bits per heavy atom. The van der Waals surface area contributed by atoms with Gasteiger partial charge in [-0.1, -0.05) is 6.07 Å². The summed E-state index contributed by atoms with van der Waals surface area (Å²) in [6.45, 7) is 3.38. The highest BCUT2D eigenvalue weighted by Gasteiger charge is 2.11. The van der Waals surface area contributed by atoms with Crippen LogP contribution in [0.2, 0.25) is 0 Å². The van der Waals surface area contributed by atoms with Crippen LogP contribution >= 0.6 is 0 Å². The summed E-state index contributed by atoms with van der Waals surface area (Å²) in [5.41, 5.74) is 2.31. The average molecular weight is 351 g/mol. The van der Waals surface area contributed by atoms with Gasteiger partial charge in [0.15, 0.2) is 5.96 Å². The van der Waals surface area contributed by atoms with Crippen LogP contribution in [0.4, 0.5) is 0 Å². The third-order valence-electron chi connectivity index (χ3n) is 4.38.